The Bertz CT molecular complexity index is 1090. The Morgan fingerprint density at radius 1 is 1.34 bits per heavy atom. The Kier molecular flexibility index (Phi) is 6.35. The van der Waals surface area contributed by atoms with Gasteiger partial charge >= 0.3 is 5.69 Å². The van der Waals surface area contributed by atoms with Gasteiger partial charge in [-0.25, -0.2) is 0 Å². The number of nitrogens with one attached hydrogen (secondary N) is 1. The number of methoxy groups -OCH3 is 1. The summed E-state index contributed by atoms with van der Waals surface area (Å²) in [6, 6.07) is 12.4. The van der Waals surface area contributed by atoms with E-state index in [1.165, 1.54) is 24.1 Å². The fourth-order valence-corrected chi connectivity index (χ4v) is 2.84. The van der Waals surface area contributed by atoms with E-state index in [2.05, 4.69) is 15.3 Å². The predicted molar refractivity (Wildman–Crippen MR) is 110 cm³/mol. The fraction of sp³-hybridized carbons (Fsp3) is 0.211. The molecule has 1 aromatic heterocycles. The molecule has 0 unspecified atom stereocenters. The molecule has 29 heavy (non-hydrogen) atoms. The first-order valence-electron chi connectivity index (χ1n) is 8.77. The zero-order chi connectivity index (χ0) is 20.8. The summed E-state index contributed by atoms with van der Waals surface area (Å²) in [7, 11) is 1.43. The van der Waals surface area contributed by atoms with Crippen molar-refractivity contribution in [2.24, 2.45) is 5.10 Å². The molecule has 0 aliphatic rings. The number of nitro groups is 1. The number of nitrogens with zero attached hydrogens (tertiary/aromatic N) is 4. The Balaban J connectivity index is 1.95. The number of benzene rings is 2. The van der Waals surface area contributed by atoms with Gasteiger partial charge in [-0.1, -0.05) is 37.3 Å². The van der Waals surface area contributed by atoms with Crippen molar-refractivity contribution in [3.8, 4) is 11.5 Å². The maximum atomic E-state index is 11.6. The standard InChI is InChI=1S/C19H19N5O4S/c1-3-17-21-22-19(29)23(17)20-11-14-9-15(24(25)26)18(16(10-14)27-2)28-12-13-7-5-4-6-8-13/h4-11H,3,12H2,1-2H3,(H,22,29)/b20-11-. The van der Waals surface area contributed by atoms with E-state index in [9.17, 15) is 10.1 Å². The summed E-state index contributed by atoms with van der Waals surface area (Å²) in [6.45, 7) is 2.10. The minimum Gasteiger partial charge on any atom is -0.493 e. The number of rotatable bonds is 8. The summed E-state index contributed by atoms with van der Waals surface area (Å²) in [5.41, 5.74) is 1.13. The molecule has 9 nitrogen and oxygen atoms in total. The number of hydrogen-bond acceptors (Lipinski definition) is 7. The van der Waals surface area contributed by atoms with E-state index in [-0.39, 0.29) is 23.8 Å². The number of aryl methyl sites for hydroxylation is 1. The summed E-state index contributed by atoms with van der Waals surface area (Å²) in [5.74, 6) is 0.950. The van der Waals surface area contributed by atoms with Gasteiger partial charge in [0.25, 0.3) is 0 Å². The van der Waals surface area contributed by atoms with Gasteiger partial charge in [0, 0.05) is 18.1 Å². The SMILES string of the molecule is CCc1n[nH]c(=S)n1/N=C\c1cc(OC)c(OCc2ccccc2)c([N+](=O)[O-])c1. The Hall–Kier alpha value is -3.53. The molecule has 0 spiro atoms. The zero-order valence-corrected chi connectivity index (χ0v) is 16.7. The van der Waals surface area contributed by atoms with E-state index in [4.69, 9.17) is 21.7 Å². The highest BCUT2D eigenvalue weighted by atomic mass is 32.1. The van der Waals surface area contributed by atoms with E-state index in [0.29, 0.717) is 22.6 Å². The Morgan fingerprint density at radius 2 is 2.10 bits per heavy atom. The first-order valence-corrected chi connectivity index (χ1v) is 9.18. The molecule has 1 N–H and O–H groups in total. The summed E-state index contributed by atoms with van der Waals surface area (Å²) in [5, 5.41) is 22.6. The second-order valence-corrected chi connectivity index (χ2v) is 6.34. The van der Waals surface area contributed by atoms with Gasteiger partial charge in [-0.05, 0) is 23.8 Å². The van der Waals surface area contributed by atoms with Crippen LogP contribution in [0.3, 0.4) is 0 Å². The van der Waals surface area contributed by atoms with Crippen LogP contribution in [-0.2, 0) is 13.0 Å². The van der Waals surface area contributed by atoms with Crippen LogP contribution in [0.5, 0.6) is 11.5 Å². The molecule has 3 rings (SSSR count). The smallest absolute Gasteiger partial charge is 0.315 e. The van der Waals surface area contributed by atoms with Crippen molar-refractivity contribution >= 4 is 24.1 Å². The molecule has 1 heterocycles. The molecule has 150 valence electrons. The number of aromatic nitrogens is 3. The molecule has 10 heteroatoms. The van der Waals surface area contributed by atoms with Crippen LogP contribution in [0.1, 0.15) is 23.9 Å². The van der Waals surface area contributed by atoms with Crippen LogP contribution in [0.25, 0.3) is 0 Å². The number of H-pyrrole nitrogens is 1. The molecule has 0 fully saturated rings. The number of ether oxygens (including phenoxy) is 2. The maximum Gasteiger partial charge on any atom is 0.315 e. The summed E-state index contributed by atoms with van der Waals surface area (Å²) in [4.78, 5) is 11.1. The largest absolute Gasteiger partial charge is 0.493 e. The van der Waals surface area contributed by atoms with Crippen molar-refractivity contribution in [2.45, 2.75) is 20.0 Å². The lowest BCUT2D eigenvalue weighted by molar-refractivity contribution is -0.386. The molecule has 3 aromatic rings. The van der Waals surface area contributed by atoms with Crippen LogP contribution in [-0.4, -0.2) is 33.1 Å². The van der Waals surface area contributed by atoms with Gasteiger partial charge in [-0.3, -0.25) is 15.2 Å². The van der Waals surface area contributed by atoms with E-state index < -0.39 is 4.92 Å². The molecule has 0 bridgehead atoms. The van der Waals surface area contributed by atoms with Crippen LogP contribution in [0.15, 0.2) is 47.6 Å². The zero-order valence-electron chi connectivity index (χ0n) is 15.9. The molecule has 0 saturated carbocycles. The highest BCUT2D eigenvalue weighted by Gasteiger charge is 2.22. The number of hydrogen-bond donors (Lipinski definition) is 1. The van der Waals surface area contributed by atoms with E-state index >= 15 is 0 Å². The van der Waals surface area contributed by atoms with Crippen LogP contribution in [0.4, 0.5) is 5.69 Å². The van der Waals surface area contributed by atoms with Crippen LogP contribution in [0, 0.1) is 14.9 Å². The second kappa shape index (κ2) is 9.11. The van der Waals surface area contributed by atoms with Crippen molar-refractivity contribution in [1.29, 1.82) is 0 Å². The minimum absolute atomic E-state index is 0.0627. The lowest BCUT2D eigenvalue weighted by Gasteiger charge is -2.12. The summed E-state index contributed by atoms with van der Waals surface area (Å²) < 4.78 is 12.9. The Morgan fingerprint density at radius 3 is 2.76 bits per heavy atom. The lowest BCUT2D eigenvalue weighted by atomic mass is 10.1. The van der Waals surface area contributed by atoms with Crippen molar-refractivity contribution in [2.75, 3.05) is 7.11 Å². The van der Waals surface area contributed by atoms with E-state index in [1.807, 2.05) is 37.3 Å². The molecule has 0 atom stereocenters. The third-order valence-electron chi connectivity index (χ3n) is 4.06. The van der Waals surface area contributed by atoms with Crippen LogP contribution in [0.2, 0.25) is 0 Å². The highest BCUT2D eigenvalue weighted by Crippen LogP contribution is 2.38. The van der Waals surface area contributed by atoms with E-state index in [0.717, 1.165) is 5.56 Å². The molecular formula is C19H19N5O4S. The average Bonchev–Trinajstić information content (AvgIpc) is 3.10. The van der Waals surface area contributed by atoms with Gasteiger partial charge in [0.1, 0.15) is 6.61 Å². The third-order valence-corrected chi connectivity index (χ3v) is 4.32. The Labute approximate surface area is 171 Å². The molecular weight excluding hydrogens is 394 g/mol. The highest BCUT2D eigenvalue weighted by molar-refractivity contribution is 7.71. The minimum atomic E-state index is -0.513. The molecule has 0 aliphatic heterocycles. The van der Waals surface area contributed by atoms with Crippen LogP contribution >= 0.6 is 12.2 Å². The first kappa shape index (κ1) is 20.2. The molecule has 0 saturated heterocycles. The van der Waals surface area contributed by atoms with Gasteiger partial charge < -0.3 is 9.47 Å². The molecule has 0 aliphatic carbocycles. The lowest BCUT2D eigenvalue weighted by Crippen LogP contribution is -2.03. The summed E-state index contributed by atoms with van der Waals surface area (Å²) >= 11 is 5.15. The van der Waals surface area contributed by atoms with E-state index in [1.54, 1.807) is 6.07 Å². The van der Waals surface area contributed by atoms with Crippen LogP contribution < -0.4 is 9.47 Å². The molecule has 0 radical (unpaired) electrons. The average molecular weight is 413 g/mol. The second-order valence-electron chi connectivity index (χ2n) is 5.96. The van der Waals surface area contributed by atoms with Crippen molar-refractivity contribution in [1.82, 2.24) is 14.9 Å². The summed E-state index contributed by atoms with van der Waals surface area (Å²) in [6.07, 6.45) is 2.08. The topological polar surface area (TPSA) is 108 Å². The first-order chi connectivity index (χ1) is 14.0. The quantitative estimate of drug-likeness (QED) is 0.260. The van der Waals surface area contributed by atoms with Crippen molar-refractivity contribution in [3.63, 3.8) is 0 Å². The normalized spacial score (nSPS) is 11.0. The monoisotopic (exact) mass is 413 g/mol. The number of nitro benzene ring substituents is 1. The predicted octanol–water partition coefficient (Wildman–Crippen LogP) is 3.88. The van der Waals surface area contributed by atoms with Crippen molar-refractivity contribution < 1.29 is 14.4 Å². The van der Waals surface area contributed by atoms with Gasteiger partial charge in [0.15, 0.2) is 11.6 Å². The van der Waals surface area contributed by atoms with Crippen molar-refractivity contribution in [3.05, 3.63) is 74.3 Å². The fourth-order valence-electron chi connectivity index (χ4n) is 2.64. The molecule has 0 amide bonds. The van der Waals surface area contributed by atoms with Gasteiger partial charge in [0.2, 0.25) is 10.5 Å². The van der Waals surface area contributed by atoms with Gasteiger partial charge in [-0.15, -0.1) is 0 Å². The maximum absolute atomic E-state index is 11.6. The third kappa shape index (κ3) is 4.66. The van der Waals surface area contributed by atoms with Gasteiger partial charge in [-0.2, -0.15) is 14.9 Å². The van der Waals surface area contributed by atoms with Gasteiger partial charge in [0.05, 0.1) is 18.2 Å². The molecule has 2 aromatic carbocycles. The number of aromatic amines is 1.